The molecule has 0 bridgehead atoms. The first-order chi connectivity index (χ1) is 10.6. The van der Waals surface area contributed by atoms with Gasteiger partial charge in [0.15, 0.2) is 5.75 Å². The monoisotopic (exact) mass is 666 g/mol. The normalized spacial score (nSPS) is 14.4. The third-order valence-electron chi connectivity index (χ3n) is 3.41. The van der Waals surface area contributed by atoms with Gasteiger partial charge in [0, 0.05) is 3.57 Å². The van der Waals surface area contributed by atoms with Gasteiger partial charge in [-0.15, -0.1) is 0 Å². The van der Waals surface area contributed by atoms with E-state index >= 15 is 0 Å². The molecule has 0 N–H and O–H groups in total. The number of benzene rings is 1. The highest BCUT2D eigenvalue weighted by molar-refractivity contribution is 14.1. The number of alkyl halides is 3. The van der Waals surface area contributed by atoms with Gasteiger partial charge in [-0.05, 0) is 92.7 Å². The summed E-state index contributed by atoms with van der Waals surface area (Å²) in [5, 5.41) is 0. The van der Waals surface area contributed by atoms with Crippen LogP contribution in [0.15, 0.2) is 12.1 Å². The Labute approximate surface area is 174 Å². The van der Waals surface area contributed by atoms with Crippen molar-refractivity contribution >= 4 is 73.7 Å². The number of ether oxygens (including phenoxy) is 1. The van der Waals surface area contributed by atoms with E-state index < -0.39 is 24.0 Å². The lowest BCUT2D eigenvalue weighted by molar-refractivity contribution is -0.197. The number of rotatable bonds is 6. The topological polar surface area (TPSA) is 26.3 Å². The molecule has 2 nitrogen and oxygen atoms in total. The van der Waals surface area contributed by atoms with E-state index in [9.17, 15) is 18.0 Å². The molecule has 130 valence electrons. The molecule has 0 radical (unpaired) electrons. The molecule has 0 spiro atoms. The molecule has 0 aliphatic rings. The number of carbonyl (C=O) groups excluding carboxylic acids is 1. The molecule has 23 heavy (non-hydrogen) atoms. The van der Waals surface area contributed by atoms with Crippen LogP contribution < -0.4 is 4.74 Å². The largest absolute Gasteiger partial charge is 0.424 e. The molecule has 1 rings (SSSR count). The molecule has 1 aromatic carbocycles. The fraction of sp³-hybridized carbons (Fsp3) is 0.533. The van der Waals surface area contributed by atoms with Crippen LogP contribution in [0.2, 0.25) is 0 Å². The van der Waals surface area contributed by atoms with Crippen LogP contribution in [0, 0.1) is 22.5 Å². The average molecular weight is 666 g/mol. The van der Waals surface area contributed by atoms with Crippen molar-refractivity contribution in [2.45, 2.75) is 39.3 Å². The summed E-state index contributed by atoms with van der Waals surface area (Å²) < 4.78 is 47.5. The lowest BCUT2D eigenvalue weighted by Crippen LogP contribution is -2.36. The van der Waals surface area contributed by atoms with Crippen molar-refractivity contribution in [1.29, 1.82) is 0 Å². The minimum Gasteiger partial charge on any atom is -0.424 e. The quantitative estimate of drug-likeness (QED) is 0.200. The highest BCUT2D eigenvalue weighted by Gasteiger charge is 2.46. The molecule has 2 atom stereocenters. The zero-order chi connectivity index (χ0) is 17.8. The third kappa shape index (κ3) is 6.15. The number of hydrogen-bond acceptors (Lipinski definition) is 2. The van der Waals surface area contributed by atoms with E-state index in [1.54, 1.807) is 13.8 Å². The SMILES string of the molecule is CCCC(C(CC)C(=O)Oc1c(I)cc(I)cc1I)C(F)(F)F. The van der Waals surface area contributed by atoms with Crippen molar-refractivity contribution in [2.24, 2.45) is 11.8 Å². The smallest absolute Gasteiger partial charge is 0.392 e. The van der Waals surface area contributed by atoms with Gasteiger partial charge in [-0.3, -0.25) is 4.79 Å². The molecule has 0 saturated heterocycles. The van der Waals surface area contributed by atoms with E-state index in [0.717, 1.165) is 3.57 Å². The van der Waals surface area contributed by atoms with E-state index in [1.807, 2.05) is 57.3 Å². The van der Waals surface area contributed by atoms with Gasteiger partial charge in [0.2, 0.25) is 0 Å². The molecule has 0 heterocycles. The predicted molar refractivity (Wildman–Crippen MR) is 108 cm³/mol. The fourth-order valence-corrected chi connectivity index (χ4v) is 6.13. The summed E-state index contributed by atoms with van der Waals surface area (Å²) in [6.07, 6.45) is -4.01. The summed E-state index contributed by atoms with van der Waals surface area (Å²) in [5.41, 5.74) is 0. The summed E-state index contributed by atoms with van der Waals surface area (Å²) in [4.78, 5) is 12.4. The molecule has 0 aliphatic carbocycles. The number of carbonyl (C=O) groups is 1. The van der Waals surface area contributed by atoms with Crippen molar-refractivity contribution in [2.75, 3.05) is 0 Å². The second-order valence-corrected chi connectivity index (χ2v) is 8.64. The molecule has 0 aliphatic heterocycles. The van der Waals surface area contributed by atoms with Crippen LogP contribution in [0.25, 0.3) is 0 Å². The molecule has 1 aromatic rings. The second-order valence-electron chi connectivity index (χ2n) is 5.07. The van der Waals surface area contributed by atoms with Crippen LogP contribution in [-0.2, 0) is 4.79 Å². The first-order valence-electron chi connectivity index (χ1n) is 7.04. The summed E-state index contributed by atoms with van der Waals surface area (Å²) in [5.74, 6) is -3.31. The van der Waals surface area contributed by atoms with Crippen molar-refractivity contribution in [3.8, 4) is 5.75 Å². The van der Waals surface area contributed by atoms with Gasteiger partial charge >= 0.3 is 12.1 Å². The Morgan fingerprint density at radius 2 is 1.70 bits per heavy atom. The van der Waals surface area contributed by atoms with Gasteiger partial charge in [-0.1, -0.05) is 20.3 Å². The Morgan fingerprint density at radius 3 is 2.09 bits per heavy atom. The van der Waals surface area contributed by atoms with Crippen LogP contribution in [0.1, 0.15) is 33.1 Å². The molecule has 2 unspecified atom stereocenters. The van der Waals surface area contributed by atoms with Crippen molar-refractivity contribution in [3.05, 3.63) is 22.8 Å². The van der Waals surface area contributed by atoms with Crippen LogP contribution >= 0.6 is 67.8 Å². The van der Waals surface area contributed by atoms with E-state index in [0.29, 0.717) is 19.3 Å². The van der Waals surface area contributed by atoms with Crippen molar-refractivity contribution in [1.82, 2.24) is 0 Å². The molecule has 0 aromatic heterocycles. The first kappa shape index (κ1) is 21.7. The molecule has 0 amide bonds. The third-order valence-corrected chi connectivity index (χ3v) is 5.64. The highest BCUT2D eigenvalue weighted by Crippen LogP contribution is 2.38. The fourth-order valence-electron chi connectivity index (χ4n) is 2.32. The first-order valence-corrected chi connectivity index (χ1v) is 10.3. The van der Waals surface area contributed by atoms with Gasteiger partial charge in [0.25, 0.3) is 0 Å². The van der Waals surface area contributed by atoms with Gasteiger partial charge < -0.3 is 4.74 Å². The Balaban J connectivity index is 3.06. The minimum absolute atomic E-state index is 0.0714. The molecule has 0 saturated carbocycles. The predicted octanol–water partition coefficient (Wildman–Crippen LogP) is 6.41. The zero-order valence-electron chi connectivity index (χ0n) is 12.5. The van der Waals surface area contributed by atoms with E-state index in [1.165, 1.54) is 0 Å². The minimum atomic E-state index is -4.40. The summed E-state index contributed by atoms with van der Waals surface area (Å²) >= 11 is 6.18. The summed E-state index contributed by atoms with van der Waals surface area (Å²) in [7, 11) is 0. The molecule has 8 heteroatoms. The van der Waals surface area contributed by atoms with Crippen LogP contribution in [-0.4, -0.2) is 12.1 Å². The number of hydrogen-bond donors (Lipinski definition) is 0. The maximum Gasteiger partial charge on any atom is 0.392 e. The molecular weight excluding hydrogens is 650 g/mol. The zero-order valence-corrected chi connectivity index (χ0v) is 19.0. The summed E-state index contributed by atoms with van der Waals surface area (Å²) in [6, 6.07) is 3.64. The van der Waals surface area contributed by atoms with E-state index in [4.69, 9.17) is 4.74 Å². The Morgan fingerprint density at radius 1 is 1.17 bits per heavy atom. The number of halogens is 6. The second kappa shape index (κ2) is 9.39. The van der Waals surface area contributed by atoms with Gasteiger partial charge in [-0.25, -0.2) is 0 Å². The molecule has 0 fully saturated rings. The Bertz CT molecular complexity index is 538. The van der Waals surface area contributed by atoms with Crippen LogP contribution in [0.3, 0.4) is 0 Å². The van der Waals surface area contributed by atoms with Crippen LogP contribution in [0.4, 0.5) is 13.2 Å². The van der Waals surface area contributed by atoms with Crippen LogP contribution in [0.5, 0.6) is 5.75 Å². The van der Waals surface area contributed by atoms with Crippen molar-refractivity contribution < 1.29 is 22.7 Å². The van der Waals surface area contributed by atoms with Gasteiger partial charge in [0.05, 0.1) is 19.0 Å². The maximum atomic E-state index is 13.2. The maximum absolute atomic E-state index is 13.2. The lowest BCUT2D eigenvalue weighted by Gasteiger charge is -2.26. The molecular formula is C15H16F3I3O2. The van der Waals surface area contributed by atoms with Gasteiger partial charge in [0.1, 0.15) is 0 Å². The van der Waals surface area contributed by atoms with E-state index in [2.05, 4.69) is 22.6 Å². The summed E-state index contributed by atoms with van der Waals surface area (Å²) in [6.45, 7) is 3.27. The highest BCUT2D eigenvalue weighted by atomic mass is 127. The van der Waals surface area contributed by atoms with Crippen molar-refractivity contribution in [3.63, 3.8) is 0 Å². The average Bonchev–Trinajstić information content (AvgIpc) is 2.41. The van der Waals surface area contributed by atoms with Gasteiger partial charge in [-0.2, -0.15) is 13.2 Å². The van der Waals surface area contributed by atoms with E-state index in [-0.39, 0.29) is 12.8 Å². The Kier molecular flexibility index (Phi) is 8.86. The Hall–Kier alpha value is 0.670. The standard InChI is InChI=1S/C15H16F3I3O2/c1-3-5-10(15(16,17)18)9(4-2)14(22)23-13-11(20)6-8(19)7-12(13)21/h6-7,9-10H,3-5H2,1-2H3. The number of esters is 1. The lowest BCUT2D eigenvalue weighted by atomic mass is 9.86.